The highest BCUT2D eigenvalue weighted by Gasteiger charge is 2.45. The highest BCUT2D eigenvalue weighted by atomic mass is 79.9. The second-order valence-corrected chi connectivity index (χ2v) is 6.61. The third kappa shape index (κ3) is 5.42. The molecule has 1 aliphatic rings. The van der Waals surface area contributed by atoms with E-state index < -0.39 is 0 Å². The quantitative estimate of drug-likeness (QED) is 0.345. The maximum Gasteiger partial charge on any atom is 0.309 e. The van der Waals surface area contributed by atoms with Crippen LogP contribution in [0.25, 0.3) is 0 Å². The maximum absolute atomic E-state index is 11.9. The van der Waals surface area contributed by atoms with Crippen molar-refractivity contribution in [1.82, 2.24) is 0 Å². The Kier molecular flexibility index (Phi) is 8.00. The Morgan fingerprint density at radius 1 is 1.21 bits per heavy atom. The molecule has 1 heterocycles. The predicted octanol–water partition coefficient (Wildman–Crippen LogP) is 3.94. The third-order valence-corrected chi connectivity index (χ3v) is 4.63. The minimum atomic E-state index is -0.0647. The van der Waals surface area contributed by atoms with Crippen molar-refractivity contribution in [2.75, 3.05) is 25.7 Å². The van der Waals surface area contributed by atoms with Crippen LogP contribution in [0, 0.1) is 11.3 Å². The van der Waals surface area contributed by atoms with Gasteiger partial charge in [-0.15, -0.1) is 0 Å². The van der Waals surface area contributed by atoms with Crippen LogP contribution in [0.3, 0.4) is 0 Å². The first-order valence-corrected chi connectivity index (χ1v) is 8.48. The number of carbonyl (C=O) groups is 1. The molecule has 1 atom stereocenters. The summed E-state index contributed by atoms with van der Waals surface area (Å²) in [5.41, 5.74) is 0.00303. The predicted molar refractivity (Wildman–Crippen MR) is 80.5 cm³/mol. The summed E-state index contributed by atoms with van der Waals surface area (Å²) in [6.45, 7) is 3.52. The molecule has 4 heteroatoms. The zero-order valence-corrected chi connectivity index (χ0v) is 13.8. The number of rotatable bonds is 10. The van der Waals surface area contributed by atoms with E-state index in [2.05, 4.69) is 22.9 Å². The number of methoxy groups -OCH3 is 1. The van der Waals surface area contributed by atoms with Gasteiger partial charge < -0.3 is 9.47 Å². The van der Waals surface area contributed by atoms with Gasteiger partial charge in [-0.2, -0.15) is 0 Å². The Bertz CT molecular complexity index is 264. The summed E-state index contributed by atoms with van der Waals surface area (Å²) in [7, 11) is 1.48. The van der Waals surface area contributed by atoms with Gasteiger partial charge in [-0.05, 0) is 12.8 Å². The normalized spacial score (nSPS) is 18.7. The van der Waals surface area contributed by atoms with E-state index in [1.165, 1.54) is 39.2 Å². The lowest BCUT2D eigenvalue weighted by Gasteiger charge is -2.43. The van der Waals surface area contributed by atoms with Crippen LogP contribution >= 0.6 is 15.9 Å². The second kappa shape index (κ2) is 8.96. The number of halogens is 1. The van der Waals surface area contributed by atoms with E-state index in [0.717, 1.165) is 18.2 Å². The number of esters is 1. The molecular weight excluding hydrogens is 308 g/mol. The molecule has 1 fully saturated rings. The molecule has 3 nitrogen and oxygen atoms in total. The molecule has 1 unspecified atom stereocenters. The van der Waals surface area contributed by atoms with Crippen molar-refractivity contribution in [2.45, 2.75) is 51.9 Å². The van der Waals surface area contributed by atoms with Gasteiger partial charge in [-0.25, -0.2) is 0 Å². The summed E-state index contributed by atoms with van der Waals surface area (Å²) in [5.74, 6) is -0.0566. The Hall–Kier alpha value is -0.0900. The molecular formula is C15H27BrO3. The first kappa shape index (κ1) is 17.0. The summed E-state index contributed by atoms with van der Waals surface area (Å²) in [5, 5.41) is 1.11. The number of unbranched alkanes of at least 4 members (excludes halogenated alkanes) is 5. The van der Waals surface area contributed by atoms with Gasteiger partial charge in [0.15, 0.2) is 0 Å². The van der Waals surface area contributed by atoms with Crippen LogP contribution in [0.15, 0.2) is 0 Å². The first-order valence-electron chi connectivity index (χ1n) is 7.35. The molecule has 0 aliphatic carbocycles. The number of hydrogen-bond acceptors (Lipinski definition) is 3. The van der Waals surface area contributed by atoms with E-state index in [1.54, 1.807) is 0 Å². The molecule has 112 valence electrons. The molecule has 1 rings (SSSR count). The minimum Gasteiger partial charge on any atom is -0.469 e. The fourth-order valence-corrected chi connectivity index (χ4v) is 3.06. The molecule has 0 aromatic heterocycles. The van der Waals surface area contributed by atoms with Crippen molar-refractivity contribution in [3.05, 3.63) is 0 Å². The smallest absolute Gasteiger partial charge is 0.309 e. The van der Waals surface area contributed by atoms with E-state index >= 15 is 0 Å². The second-order valence-electron chi connectivity index (χ2n) is 5.82. The molecule has 0 aromatic rings. The zero-order chi connectivity index (χ0) is 14.1. The van der Waals surface area contributed by atoms with Crippen LogP contribution in [0.1, 0.15) is 51.9 Å². The first-order chi connectivity index (χ1) is 9.14. The zero-order valence-electron chi connectivity index (χ0n) is 12.3. The van der Waals surface area contributed by atoms with Crippen molar-refractivity contribution in [1.29, 1.82) is 0 Å². The van der Waals surface area contributed by atoms with Crippen molar-refractivity contribution in [2.24, 2.45) is 11.3 Å². The summed E-state index contributed by atoms with van der Waals surface area (Å²) >= 11 is 3.45. The van der Waals surface area contributed by atoms with Crippen LogP contribution in [0.4, 0.5) is 0 Å². The lowest BCUT2D eigenvalue weighted by atomic mass is 9.73. The summed E-state index contributed by atoms with van der Waals surface area (Å²) in [6, 6.07) is 0. The molecule has 0 saturated carbocycles. The van der Waals surface area contributed by atoms with E-state index in [4.69, 9.17) is 9.47 Å². The maximum atomic E-state index is 11.9. The molecule has 0 radical (unpaired) electrons. The average molecular weight is 335 g/mol. The Morgan fingerprint density at radius 2 is 1.79 bits per heavy atom. The third-order valence-electron chi connectivity index (χ3n) is 4.07. The minimum absolute atomic E-state index is 0.00303. The topological polar surface area (TPSA) is 35.5 Å². The van der Waals surface area contributed by atoms with Crippen molar-refractivity contribution >= 4 is 21.9 Å². The molecule has 19 heavy (non-hydrogen) atoms. The van der Waals surface area contributed by atoms with Crippen LogP contribution in [0.2, 0.25) is 0 Å². The number of ether oxygens (including phenoxy) is 2. The molecule has 1 aliphatic heterocycles. The molecule has 0 spiro atoms. The number of alkyl halides is 1. The molecule has 0 bridgehead atoms. The Labute approximate surface area is 125 Å². The summed E-state index contributed by atoms with van der Waals surface area (Å²) in [4.78, 5) is 11.9. The van der Waals surface area contributed by atoms with Gasteiger partial charge in [0.05, 0.1) is 26.2 Å². The van der Waals surface area contributed by atoms with Gasteiger partial charge in [-0.3, -0.25) is 4.79 Å². The average Bonchev–Trinajstić information content (AvgIpc) is 2.38. The summed E-state index contributed by atoms with van der Waals surface area (Å²) in [6.07, 6.45) is 8.40. The van der Waals surface area contributed by atoms with E-state index in [0.29, 0.717) is 13.2 Å². The van der Waals surface area contributed by atoms with Gasteiger partial charge in [0.1, 0.15) is 0 Å². The highest BCUT2D eigenvalue weighted by Crippen LogP contribution is 2.39. The molecule has 0 aromatic carbocycles. The van der Waals surface area contributed by atoms with E-state index in [1.807, 2.05) is 0 Å². The fraction of sp³-hybridized carbons (Fsp3) is 0.933. The van der Waals surface area contributed by atoms with Crippen LogP contribution in [-0.4, -0.2) is 31.6 Å². The number of hydrogen-bond donors (Lipinski definition) is 0. The fourth-order valence-electron chi connectivity index (χ4n) is 2.67. The van der Waals surface area contributed by atoms with Gasteiger partial charge >= 0.3 is 5.97 Å². The van der Waals surface area contributed by atoms with Gasteiger partial charge in [0, 0.05) is 10.7 Å². The van der Waals surface area contributed by atoms with Crippen molar-refractivity contribution in [3.63, 3.8) is 0 Å². The summed E-state index contributed by atoms with van der Waals surface area (Å²) < 4.78 is 10.2. The lowest BCUT2D eigenvalue weighted by Crippen LogP contribution is -2.49. The van der Waals surface area contributed by atoms with E-state index in [9.17, 15) is 4.79 Å². The van der Waals surface area contributed by atoms with Crippen LogP contribution < -0.4 is 0 Å². The van der Waals surface area contributed by atoms with Crippen LogP contribution in [-0.2, 0) is 14.3 Å². The molecule has 0 N–H and O–H groups in total. The van der Waals surface area contributed by atoms with Gasteiger partial charge in [0.25, 0.3) is 0 Å². The standard InChI is InChI=1S/C15H27BrO3/c1-15(11-19-12-15)13(14(17)18-2)9-7-5-3-4-6-8-10-16/h13H,3-12H2,1-2H3. The van der Waals surface area contributed by atoms with Crippen LogP contribution in [0.5, 0.6) is 0 Å². The molecule has 1 saturated heterocycles. The monoisotopic (exact) mass is 334 g/mol. The Morgan fingerprint density at radius 3 is 2.26 bits per heavy atom. The largest absolute Gasteiger partial charge is 0.469 e. The van der Waals surface area contributed by atoms with Gasteiger partial charge in [0.2, 0.25) is 0 Å². The molecule has 0 amide bonds. The van der Waals surface area contributed by atoms with Crippen molar-refractivity contribution in [3.8, 4) is 0 Å². The van der Waals surface area contributed by atoms with Gasteiger partial charge in [-0.1, -0.05) is 55.0 Å². The van der Waals surface area contributed by atoms with E-state index in [-0.39, 0.29) is 17.3 Å². The SMILES string of the molecule is COC(=O)C(CCCCCCCCBr)C1(C)COC1. The lowest BCUT2D eigenvalue weighted by molar-refractivity contribution is -0.174. The van der Waals surface area contributed by atoms with Crippen molar-refractivity contribution < 1.29 is 14.3 Å². The highest BCUT2D eigenvalue weighted by molar-refractivity contribution is 9.09. The Balaban J connectivity index is 2.20. The number of carbonyl (C=O) groups excluding carboxylic acids is 1.